The van der Waals surface area contributed by atoms with Crippen molar-refractivity contribution in [3.8, 4) is 0 Å². The summed E-state index contributed by atoms with van der Waals surface area (Å²) in [6, 6.07) is 4.15. The van der Waals surface area contributed by atoms with Crippen molar-refractivity contribution in [3.05, 3.63) is 35.4 Å². The van der Waals surface area contributed by atoms with Crippen LogP contribution in [0.3, 0.4) is 0 Å². The molecule has 1 aromatic carbocycles. The van der Waals surface area contributed by atoms with Gasteiger partial charge in [-0.15, -0.1) is 0 Å². The minimum Gasteiger partial charge on any atom is -0.337 e. The van der Waals surface area contributed by atoms with Crippen molar-refractivity contribution in [2.45, 2.75) is 25.3 Å². The average molecular weight is 280 g/mol. The lowest BCUT2D eigenvalue weighted by atomic mass is 10.1. The van der Waals surface area contributed by atoms with Gasteiger partial charge in [0.2, 0.25) is 0 Å². The maximum Gasteiger partial charge on any atom is 0.256 e. The average Bonchev–Trinajstić information content (AvgIpc) is 2.78. The maximum atomic E-state index is 13.7. The number of carbonyl (C=O) groups excluding carboxylic acids is 1. The first-order valence-electron chi connectivity index (χ1n) is 7.14. The van der Waals surface area contributed by atoms with Crippen molar-refractivity contribution < 1.29 is 13.6 Å². The van der Waals surface area contributed by atoms with E-state index in [0.29, 0.717) is 19.1 Å². The van der Waals surface area contributed by atoms with Gasteiger partial charge in [0.15, 0.2) is 11.6 Å². The summed E-state index contributed by atoms with van der Waals surface area (Å²) < 4.78 is 27.0. The second-order valence-electron chi connectivity index (χ2n) is 5.54. The van der Waals surface area contributed by atoms with Crippen molar-refractivity contribution in [2.75, 3.05) is 26.2 Å². The molecule has 1 aromatic rings. The molecular formula is C15H18F2N2O. The Morgan fingerprint density at radius 2 is 1.95 bits per heavy atom. The van der Waals surface area contributed by atoms with Crippen LogP contribution in [0.4, 0.5) is 8.78 Å². The molecule has 1 amide bonds. The molecule has 0 unspecified atom stereocenters. The van der Waals surface area contributed by atoms with Gasteiger partial charge in [-0.2, -0.15) is 0 Å². The van der Waals surface area contributed by atoms with Crippen LogP contribution in [-0.4, -0.2) is 47.9 Å². The first-order chi connectivity index (χ1) is 9.66. The topological polar surface area (TPSA) is 23.6 Å². The molecule has 0 spiro atoms. The smallest absolute Gasteiger partial charge is 0.256 e. The third-order valence-electron chi connectivity index (χ3n) is 4.27. The van der Waals surface area contributed by atoms with Crippen molar-refractivity contribution >= 4 is 5.91 Å². The third kappa shape index (κ3) is 2.42. The second-order valence-corrected chi connectivity index (χ2v) is 5.54. The van der Waals surface area contributed by atoms with Gasteiger partial charge in [0.05, 0.1) is 5.56 Å². The molecule has 2 aliphatic rings. The first kappa shape index (κ1) is 13.5. The van der Waals surface area contributed by atoms with Crippen LogP contribution in [-0.2, 0) is 0 Å². The fraction of sp³-hybridized carbons (Fsp3) is 0.533. The number of hydrogen-bond donors (Lipinski definition) is 0. The predicted octanol–water partition coefficient (Wildman–Crippen LogP) is 2.28. The van der Waals surface area contributed by atoms with Crippen LogP contribution >= 0.6 is 0 Å². The van der Waals surface area contributed by atoms with Crippen LogP contribution in [0, 0.1) is 11.6 Å². The minimum atomic E-state index is -1.04. The largest absolute Gasteiger partial charge is 0.337 e. The minimum absolute atomic E-state index is 0.156. The molecule has 20 heavy (non-hydrogen) atoms. The van der Waals surface area contributed by atoms with Crippen LogP contribution in [0.2, 0.25) is 0 Å². The molecule has 108 valence electrons. The van der Waals surface area contributed by atoms with Crippen molar-refractivity contribution in [2.24, 2.45) is 0 Å². The number of fused-ring (bicyclic) bond motifs is 1. The van der Waals surface area contributed by atoms with Crippen LogP contribution in [0.5, 0.6) is 0 Å². The highest BCUT2D eigenvalue weighted by atomic mass is 19.2. The van der Waals surface area contributed by atoms with Gasteiger partial charge in [0.1, 0.15) is 0 Å². The molecule has 0 aromatic heterocycles. The monoisotopic (exact) mass is 280 g/mol. The fourth-order valence-corrected chi connectivity index (χ4v) is 3.23. The lowest BCUT2D eigenvalue weighted by Crippen LogP contribution is -2.40. The normalized spacial score (nSPS) is 23.5. The van der Waals surface area contributed by atoms with Gasteiger partial charge in [0, 0.05) is 25.7 Å². The molecule has 0 N–H and O–H groups in total. The van der Waals surface area contributed by atoms with Crippen molar-refractivity contribution in [1.82, 2.24) is 9.80 Å². The molecular weight excluding hydrogens is 262 g/mol. The molecule has 0 radical (unpaired) electrons. The number of benzene rings is 1. The number of carbonyl (C=O) groups is 1. The molecule has 3 rings (SSSR count). The summed E-state index contributed by atoms with van der Waals surface area (Å²) in [6.45, 7) is 3.30. The Balaban J connectivity index is 1.81. The summed E-state index contributed by atoms with van der Waals surface area (Å²) in [5, 5.41) is 0. The van der Waals surface area contributed by atoms with Gasteiger partial charge in [-0.3, -0.25) is 9.69 Å². The Morgan fingerprint density at radius 1 is 1.15 bits per heavy atom. The molecule has 1 atom stereocenters. The van der Waals surface area contributed by atoms with Crippen LogP contribution < -0.4 is 0 Å². The molecule has 2 aliphatic heterocycles. The van der Waals surface area contributed by atoms with E-state index in [-0.39, 0.29) is 5.56 Å². The highest BCUT2D eigenvalue weighted by Gasteiger charge is 2.31. The van der Waals surface area contributed by atoms with E-state index < -0.39 is 17.5 Å². The molecule has 2 fully saturated rings. The van der Waals surface area contributed by atoms with E-state index in [2.05, 4.69) is 4.90 Å². The molecule has 2 heterocycles. The Labute approximate surface area is 117 Å². The lowest BCUT2D eigenvalue weighted by molar-refractivity contribution is 0.0737. The quantitative estimate of drug-likeness (QED) is 0.788. The molecule has 0 bridgehead atoms. The Kier molecular flexibility index (Phi) is 3.70. The summed E-state index contributed by atoms with van der Waals surface area (Å²) in [4.78, 5) is 16.5. The fourth-order valence-electron chi connectivity index (χ4n) is 3.23. The molecule has 2 saturated heterocycles. The lowest BCUT2D eigenvalue weighted by Gasteiger charge is -2.25. The van der Waals surface area contributed by atoms with Crippen molar-refractivity contribution in [3.63, 3.8) is 0 Å². The van der Waals surface area contributed by atoms with Crippen LogP contribution in [0.25, 0.3) is 0 Å². The van der Waals surface area contributed by atoms with E-state index >= 15 is 0 Å². The zero-order valence-corrected chi connectivity index (χ0v) is 11.3. The van der Waals surface area contributed by atoms with E-state index in [1.54, 1.807) is 4.90 Å². The zero-order chi connectivity index (χ0) is 14.1. The molecule has 0 saturated carbocycles. The number of amides is 1. The number of nitrogens with zero attached hydrogens (tertiary/aromatic N) is 2. The van der Waals surface area contributed by atoms with E-state index in [1.165, 1.54) is 12.1 Å². The van der Waals surface area contributed by atoms with Gasteiger partial charge < -0.3 is 4.90 Å². The van der Waals surface area contributed by atoms with Crippen LogP contribution in [0.1, 0.15) is 29.6 Å². The molecule has 0 aliphatic carbocycles. The summed E-state index contributed by atoms with van der Waals surface area (Å²) in [6.07, 6.45) is 3.12. The first-order valence-corrected chi connectivity index (χ1v) is 7.14. The third-order valence-corrected chi connectivity index (χ3v) is 4.27. The second kappa shape index (κ2) is 5.48. The summed E-state index contributed by atoms with van der Waals surface area (Å²) >= 11 is 0. The predicted molar refractivity (Wildman–Crippen MR) is 71.5 cm³/mol. The van der Waals surface area contributed by atoms with E-state index in [1.807, 2.05) is 0 Å². The van der Waals surface area contributed by atoms with Crippen molar-refractivity contribution in [1.29, 1.82) is 0 Å². The standard InChI is InChI=1S/C15H18F2N2O/c16-13-6-1-5-12(14(13)17)15(20)19-9-3-8-18-7-2-4-11(18)10-19/h1,5-6,11H,2-4,7-10H2/t11-/m0/s1. The Hall–Kier alpha value is -1.49. The van der Waals surface area contributed by atoms with Gasteiger partial charge >= 0.3 is 0 Å². The van der Waals surface area contributed by atoms with E-state index in [4.69, 9.17) is 0 Å². The highest BCUT2D eigenvalue weighted by Crippen LogP contribution is 2.23. The zero-order valence-electron chi connectivity index (χ0n) is 11.3. The molecule has 3 nitrogen and oxygen atoms in total. The maximum absolute atomic E-state index is 13.7. The summed E-state index contributed by atoms with van der Waals surface area (Å²) in [5.41, 5.74) is -0.156. The molecule has 5 heteroatoms. The Bertz CT molecular complexity index is 521. The van der Waals surface area contributed by atoms with Gasteiger partial charge in [-0.25, -0.2) is 8.78 Å². The number of halogens is 2. The van der Waals surface area contributed by atoms with Gasteiger partial charge in [-0.05, 0) is 37.9 Å². The summed E-state index contributed by atoms with van der Waals surface area (Å²) in [5.74, 6) is -2.39. The Morgan fingerprint density at radius 3 is 2.80 bits per heavy atom. The number of rotatable bonds is 1. The van der Waals surface area contributed by atoms with Gasteiger partial charge in [-0.1, -0.05) is 6.07 Å². The van der Waals surface area contributed by atoms with Gasteiger partial charge in [0.25, 0.3) is 5.91 Å². The van der Waals surface area contributed by atoms with Crippen LogP contribution in [0.15, 0.2) is 18.2 Å². The summed E-state index contributed by atoms with van der Waals surface area (Å²) in [7, 11) is 0. The SMILES string of the molecule is O=C(c1cccc(F)c1F)N1CCCN2CCC[C@H]2C1. The van der Waals surface area contributed by atoms with E-state index in [0.717, 1.165) is 38.4 Å². The number of hydrogen-bond acceptors (Lipinski definition) is 2. The van der Waals surface area contributed by atoms with E-state index in [9.17, 15) is 13.6 Å². The highest BCUT2D eigenvalue weighted by molar-refractivity contribution is 5.94.